The summed E-state index contributed by atoms with van der Waals surface area (Å²) in [5, 5.41) is 77.8. The Morgan fingerprint density at radius 3 is 0.537 bits per heavy atom. The second-order valence-electron chi connectivity index (χ2n) is 13.0. The number of hydrogen-bond acceptors (Lipinski definition) is 22. The van der Waals surface area contributed by atoms with Gasteiger partial charge in [-0.3, -0.25) is 0 Å². The SMILES string of the molecule is C.C.N[C@@H]1CCCC[C@H]1N.N[C@@H]1CCCC[C@H]1N.N[C@@H]1CCCC[C@H]1N.N[C@@H]1CCCC[C@H]1N.O.O.O.O=C(O)C(=O)O.O=C([O-])C(=O)[O-].O=C([O-])C(=O)[O-].O=[N+]([O-])O.O=[N+]([O-])O.[CH3-].[CH3-].[Cl][Pt]([Cl])([Cl])[Cl].[I][Pt][I].[K+].[K+].[K+].[K+].[K][K].[Pt+2].[Pt].[Pt]. The van der Waals surface area contributed by atoms with Gasteiger partial charge in [0.1, 0.15) is 0 Å². The number of nitrogens with two attached hydrogens (primary N) is 8. The first-order valence-corrected chi connectivity index (χ1v) is 59.5. The van der Waals surface area contributed by atoms with E-state index in [0.29, 0.717) is 11.2 Å². The number of carboxylic acids is 6. The Labute approximate surface area is 789 Å². The molecule has 490 valence electrons. The van der Waals surface area contributed by atoms with E-state index in [1.807, 2.05) is 0 Å². The van der Waals surface area contributed by atoms with Gasteiger partial charge in [-0.2, -0.15) is 0 Å². The predicted octanol–water partition coefficient (Wildman–Crippen LogP) is -16.2. The van der Waals surface area contributed by atoms with E-state index >= 15 is 0 Å². The summed E-state index contributed by atoms with van der Waals surface area (Å²) in [6.45, 7) is 0. The van der Waals surface area contributed by atoms with Gasteiger partial charge in [-0.1, -0.05) is 66.2 Å². The molecule has 0 unspecified atom stereocenters. The Balaban J connectivity index is -0.0000000239. The first-order chi connectivity index (χ1) is 31.0. The molecule has 4 saturated carbocycles. The second kappa shape index (κ2) is 113. The monoisotopic (exact) mass is 2570 g/mol. The maximum absolute atomic E-state index is 9.10. The molecule has 4 aliphatic rings. The van der Waals surface area contributed by atoms with E-state index < -0.39 is 57.9 Å². The first-order valence-electron chi connectivity index (χ1n) is 19.4. The van der Waals surface area contributed by atoms with Gasteiger partial charge >= 0.3 is 401 Å². The molecule has 8 atom stereocenters. The smallest absolute Gasteiger partial charge is 0 e. The topological polar surface area (TPSA) is 665 Å². The molecule has 0 radical (unpaired) electrons. The quantitative estimate of drug-likeness (QED) is 0.0268. The molecule has 0 aromatic carbocycles. The fourth-order valence-electron chi connectivity index (χ4n) is 4.75. The largest absolute Gasteiger partial charge is 2.00 e. The van der Waals surface area contributed by atoms with Crippen LogP contribution in [0.1, 0.15) is 118 Å². The maximum atomic E-state index is 9.10. The molecule has 82 heavy (non-hydrogen) atoms. The molecule has 0 spiro atoms. The van der Waals surface area contributed by atoms with E-state index in [0.717, 1.165) is 51.4 Å². The summed E-state index contributed by atoms with van der Waals surface area (Å²) in [4.78, 5) is 70.6. The van der Waals surface area contributed by atoms with Crippen molar-refractivity contribution in [3.8, 4) is 0 Å². The number of halogens is 6. The molecule has 0 aromatic heterocycles. The Hall–Kier alpha value is 10.7. The molecule has 4 aliphatic carbocycles. The minimum absolute atomic E-state index is 0. The van der Waals surface area contributed by atoms with Crippen LogP contribution < -0.4 is 272 Å². The molecule has 0 heterocycles. The molecule has 26 N–H and O–H groups in total. The van der Waals surface area contributed by atoms with Crippen LogP contribution in [0.3, 0.4) is 0 Å². The third-order valence-corrected chi connectivity index (χ3v) is 8.02. The Morgan fingerprint density at radius 1 is 0.451 bits per heavy atom. The van der Waals surface area contributed by atoms with E-state index in [2.05, 4.69) is 38.7 Å². The number of carboxylic acid groups (broad SMARTS) is 6. The van der Waals surface area contributed by atoms with Crippen molar-refractivity contribution in [3.63, 3.8) is 0 Å². The second-order valence-corrected chi connectivity index (χ2v) is 49.3. The predicted molar refractivity (Wildman–Crippen MR) is 291 cm³/mol. The molecular weight excluding hydrogens is 2490 g/mol. The third-order valence-electron chi connectivity index (χ3n) is 8.02. The fourth-order valence-corrected chi connectivity index (χ4v) is 4.75. The zero-order valence-electron chi connectivity index (χ0n) is 45.3. The average molecular weight is 2570 g/mol. The molecule has 0 aromatic rings. The summed E-state index contributed by atoms with van der Waals surface area (Å²) in [5.41, 5.74) is 45.2. The number of carbonyl (C=O) groups excluding carboxylic acids is 4. The van der Waals surface area contributed by atoms with Gasteiger partial charge < -0.3 is 137 Å². The van der Waals surface area contributed by atoms with Crippen molar-refractivity contribution in [2.75, 3.05) is 0 Å². The van der Waals surface area contributed by atoms with Crippen molar-refractivity contribution in [2.24, 2.45) is 45.9 Å². The van der Waals surface area contributed by atoms with Crippen LogP contribution in [0.5, 0.6) is 0 Å². The van der Waals surface area contributed by atoms with Crippen LogP contribution in [-0.2, 0) is 115 Å². The van der Waals surface area contributed by atoms with Crippen molar-refractivity contribution < 1.29 is 388 Å². The van der Waals surface area contributed by atoms with Crippen LogP contribution in [0.25, 0.3) is 0 Å². The van der Waals surface area contributed by atoms with Gasteiger partial charge in [0.15, 0.2) is 0 Å². The molecule has 48 heteroatoms. The number of hydrogen-bond donors (Lipinski definition) is 12. The zero-order chi connectivity index (χ0) is 55.8. The van der Waals surface area contributed by atoms with Crippen LogP contribution in [0.4, 0.5) is 0 Å². The molecule has 4 fully saturated rings. The zero-order valence-corrected chi connectivity index (χ0v) is 82.7. The Morgan fingerprint density at radius 2 is 0.512 bits per heavy atom. The van der Waals surface area contributed by atoms with E-state index in [4.69, 9.17) is 174 Å². The number of aliphatic carboxylic acids is 6. The molecule has 4 rings (SSSR count). The number of rotatable bonds is 0. The Kier molecular flexibility index (Phi) is 215. The minimum Gasteiger partial charge on any atom is 0 e. The van der Waals surface area contributed by atoms with Gasteiger partial charge in [0, 0.05) is 90.5 Å². The Bertz CT molecular complexity index is 1150. The summed E-state index contributed by atoms with van der Waals surface area (Å²) in [7, 11) is 20.0. The summed E-state index contributed by atoms with van der Waals surface area (Å²) in [6.07, 6.45) is 19.2. The van der Waals surface area contributed by atoms with E-state index in [-0.39, 0.29) is 363 Å². The van der Waals surface area contributed by atoms with Gasteiger partial charge in [-0.25, -0.2) is 9.59 Å². The summed E-state index contributed by atoms with van der Waals surface area (Å²) in [6, 6.07) is 2.25. The summed E-state index contributed by atoms with van der Waals surface area (Å²) in [5.74, 6) is -12.4. The van der Waals surface area contributed by atoms with Gasteiger partial charge in [-0.15, -0.1) is 20.2 Å². The normalized spacial score (nSPS) is 19.0. The van der Waals surface area contributed by atoms with Crippen molar-refractivity contribution >= 4 is 175 Å². The number of carbonyl (C=O) groups is 6. The third kappa shape index (κ3) is 164. The molecular formula is C34H80Cl4I2K6N10O21Pt5. The standard InChI is InChI=1S/4C6H14N2.3C2H2O4.2CH4.2CH3.4ClH.2HI.6K.2HNO3.3H2O.5Pt/c4*7-5-3-1-2-4-6(5)8;3*3-1(4)2(5)6;;;;;;;;;;;;;;;;;2*2-1(3)4;;;;;;;;/h4*5-6H,1-4,7-8H2;3*(H,3,4)(H,5,6);2*1H4;2*1H3;6*1H;;;;;;;2*(H,2,3,4);3*1H2;;;;;/q;;;;;;;;;2*-1;;;;;;;;;4*+1;;;;;;;;2*+2;+4/p-10/t4*5-,6-;;;;;;;;;;;;;;;;;;;;;;;;;;;;;/m1111............................./s1. The summed E-state index contributed by atoms with van der Waals surface area (Å²) < 4.78 is 0. The van der Waals surface area contributed by atoms with Gasteiger partial charge in [0.25, 0.3) is 10.2 Å². The fraction of sp³-hybridized carbons (Fsp3) is 0.765. The molecule has 0 bridgehead atoms. The van der Waals surface area contributed by atoms with Gasteiger partial charge in [0.2, 0.25) is 0 Å². The van der Waals surface area contributed by atoms with Crippen molar-refractivity contribution in [2.45, 2.75) is 166 Å². The first kappa shape index (κ1) is 156. The van der Waals surface area contributed by atoms with E-state index in [1.54, 1.807) is 0 Å². The van der Waals surface area contributed by atoms with Crippen LogP contribution in [0, 0.1) is 35.1 Å². The van der Waals surface area contributed by atoms with Gasteiger partial charge in [0.05, 0.1) is 23.9 Å². The van der Waals surface area contributed by atoms with Gasteiger partial charge in [-0.05, 0) is 51.4 Å². The minimum atomic E-state index is -3.06. The molecule has 31 nitrogen and oxygen atoms in total. The van der Waals surface area contributed by atoms with E-state index in [1.165, 1.54) is 115 Å². The maximum Gasteiger partial charge on any atom is 2.00 e. The van der Waals surface area contributed by atoms with Crippen LogP contribution in [-0.4, -0.2) is 195 Å². The van der Waals surface area contributed by atoms with E-state index in [9.17, 15) is 0 Å². The summed E-state index contributed by atoms with van der Waals surface area (Å²) >= 11 is 4.74. The molecule has 0 aliphatic heterocycles. The van der Waals surface area contributed by atoms with Crippen molar-refractivity contribution in [1.29, 1.82) is 0 Å². The number of nitrogens with zero attached hydrogens (tertiary/aromatic N) is 2. The van der Waals surface area contributed by atoms with Crippen molar-refractivity contribution in [3.05, 3.63) is 35.1 Å². The molecule has 0 amide bonds. The van der Waals surface area contributed by atoms with Crippen molar-refractivity contribution in [1.82, 2.24) is 0 Å². The van der Waals surface area contributed by atoms with Crippen LogP contribution in [0.15, 0.2) is 0 Å². The van der Waals surface area contributed by atoms with Crippen LogP contribution in [0.2, 0.25) is 0 Å². The van der Waals surface area contributed by atoms with Crippen LogP contribution >= 0.6 is 76.4 Å². The molecule has 0 saturated heterocycles. The average Bonchev–Trinajstić information content (AvgIpc) is 3.21.